The molecule has 2 bridgehead atoms. The Bertz CT molecular complexity index is 1080. The van der Waals surface area contributed by atoms with E-state index >= 15 is 0 Å². The van der Waals surface area contributed by atoms with Gasteiger partial charge in [0.05, 0.1) is 0 Å². The Kier molecular flexibility index (Phi) is 8.73. The van der Waals surface area contributed by atoms with Crippen molar-refractivity contribution in [1.29, 1.82) is 0 Å². The van der Waals surface area contributed by atoms with E-state index in [0.29, 0.717) is 0 Å². The first kappa shape index (κ1) is 35.4. The van der Waals surface area contributed by atoms with Gasteiger partial charge in [-0.2, -0.15) is 0 Å². The molecule has 6 aliphatic heterocycles. The smallest absolute Gasteiger partial charge is 0.0221 e. The quantitative estimate of drug-likeness (QED) is 0.354. The highest BCUT2D eigenvalue weighted by molar-refractivity contribution is 8.49. The molecular weight excluding hydrogens is 786 g/mol. The van der Waals surface area contributed by atoms with Crippen LogP contribution in [0, 0.1) is 0 Å². The van der Waals surface area contributed by atoms with E-state index in [-0.39, 0.29) is 39.6 Å². The molecular formula is C21H72Si19. The van der Waals surface area contributed by atoms with Gasteiger partial charge in [0, 0.05) is 140 Å². The van der Waals surface area contributed by atoms with Crippen molar-refractivity contribution in [3.8, 4) is 0 Å². The van der Waals surface area contributed by atoms with Crippen molar-refractivity contribution in [1.82, 2.24) is 0 Å². The lowest BCUT2D eigenvalue weighted by atomic mass is 10.9. The van der Waals surface area contributed by atoms with E-state index in [2.05, 4.69) is 131 Å². The topological polar surface area (TPSA) is 0 Å². The monoisotopic (exact) mass is 856 g/mol. The van der Waals surface area contributed by atoms with Crippen molar-refractivity contribution in [2.45, 2.75) is 136 Å². The molecule has 6 fully saturated rings. The van der Waals surface area contributed by atoms with Crippen LogP contribution in [0.1, 0.15) is 6.92 Å². The summed E-state index contributed by atoms with van der Waals surface area (Å²) in [6.07, 6.45) is 0. The van der Waals surface area contributed by atoms with Gasteiger partial charge < -0.3 is 0 Å². The van der Waals surface area contributed by atoms with Crippen LogP contribution in [-0.2, 0) is 0 Å². The van der Waals surface area contributed by atoms with Gasteiger partial charge in [0.2, 0.25) is 0 Å². The van der Waals surface area contributed by atoms with Crippen LogP contribution in [0.2, 0.25) is 130 Å². The highest BCUT2D eigenvalue weighted by atomic mass is 30.7. The van der Waals surface area contributed by atoms with E-state index in [1.54, 1.807) is 0 Å². The highest BCUT2D eigenvalue weighted by Crippen LogP contribution is 2.62. The number of hydrogen-bond acceptors (Lipinski definition) is 0. The van der Waals surface area contributed by atoms with Crippen molar-refractivity contribution < 1.29 is 0 Å². The predicted molar refractivity (Wildman–Crippen MR) is 246 cm³/mol. The summed E-state index contributed by atoms with van der Waals surface area (Å²) in [5.74, 6) is 0. The van der Waals surface area contributed by atoms with E-state index in [9.17, 15) is 0 Å². The van der Waals surface area contributed by atoms with E-state index in [1.165, 1.54) is 5.16 Å². The van der Waals surface area contributed by atoms with E-state index in [1.807, 2.05) is 0 Å². The fourth-order valence-electron chi connectivity index (χ4n) is 17.6. The molecule has 0 spiro atoms. The summed E-state index contributed by atoms with van der Waals surface area (Å²) >= 11 is 0. The third-order valence-corrected chi connectivity index (χ3v) is 664. The van der Waals surface area contributed by atoms with E-state index in [0.717, 1.165) is 0 Å². The molecule has 0 amide bonds. The van der Waals surface area contributed by atoms with Crippen LogP contribution >= 0.6 is 0 Å². The molecule has 6 rings (SSSR count). The number of hydrogen-bond donors (Lipinski definition) is 0. The van der Waals surface area contributed by atoms with Gasteiger partial charge in [-0.1, -0.05) is 136 Å². The second kappa shape index (κ2) is 9.85. The number of fused-ring (bicyclic) bond motifs is 3. The van der Waals surface area contributed by atoms with Crippen LogP contribution in [-0.4, -0.2) is 140 Å². The maximum atomic E-state index is 3.55. The Morgan fingerprint density at radius 1 is 0.350 bits per heavy atom. The van der Waals surface area contributed by atoms with Crippen LogP contribution in [0.3, 0.4) is 0 Å². The van der Waals surface area contributed by atoms with Gasteiger partial charge in [0.1, 0.15) is 0 Å². The molecule has 6 heterocycles. The lowest BCUT2D eigenvalue weighted by Gasteiger charge is -2.85. The molecule has 18 atom stereocenters. The summed E-state index contributed by atoms with van der Waals surface area (Å²) in [6.45, 7) is 58.7. The van der Waals surface area contributed by atoms with Crippen LogP contribution < -0.4 is 0 Å². The molecule has 6 saturated heterocycles. The van der Waals surface area contributed by atoms with Crippen molar-refractivity contribution in [2.75, 3.05) is 0 Å². The van der Waals surface area contributed by atoms with Crippen LogP contribution in [0.25, 0.3) is 0 Å². The van der Waals surface area contributed by atoms with Crippen LogP contribution in [0.4, 0.5) is 0 Å². The first-order valence-corrected chi connectivity index (χ1v) is 90.3. The van der Waals surface area contributed by atoms with Gasteiger partial charge >= 0.3 is 0 Å². The summed E-state index contributed by atoms with van der Waals surface area (Å²) in [5, 5.41) is 1.39. The molecule has 18 unspecified atom stereocenters. The zero-order valence-electron chi connectivity index (χ0n) is 30.9. The van der Waals surface area contributed by atoms with Crippen molar-refractivity contribution in [3.05, 3.63) is 0 Å². The molecule has 0 aromatic rings. The molecule has 0 N–H and O–H groups in total. The highest BCUT2D eigenvalue weighted by Gasteiger charge is 2.92. The third kappa shape index (κ3) is 3.00. The Hall–Kier alpha value is 4.12. The normalized spacial score (nSPS) is 72.3. The molecule has 0 aromatic heterocycles. The van der Waals surface area contributed by atoms with Gasteiger partial charge in [-0.3, -0.25) is 0 Å². The van der Waals surface area contributed by atoms with Gasteiger partial charge in [-0.15, -0.1) is 0 Å². The Morgan fingerprint density at radius 2 is 0.675 bits per heavy atom. The Labute approximate surface area is 273 Å². The zero-order chi connectivity index (χ0) is 30.9. The SMILES string of the molecule is CC1[SiH](C)[SiH](C)[Si](C)([Si]2(C)[SiH](C)[SiH](C)[Si]3(C)[SiH](C)[Si]4(C)[Si]5(C)[SiH](C)[SiH](C)[Si](C)([SiH](C)[SiH]5C)[Si]4(C)[SiH](C)[Si]32C)[SiH]1C. The molecule has 0 nitrogen and oxygen atoms in total. The molecule has 40 heavy (non-hydrogen) atoms. The van der Waals surface area contributed by atoms with Crippen molar-refractivity contribution >= 4 is 140 Å². The maximum Gasteiger partial charge on any atom is 0.0221 e. The summed E-state index contributed by atoms with van der Waals surface area (Å²) in [4.78, 5) is 0. The van der Waals surface area contributed by atoms with E-state index in [4.69, 9.17) is 0 Å². The molecule has 0 saturated carbocycles. The van der Waals surface area contributed by atoms with Crippen molar-refractivity contribution in [2.24, 2.45) is 0 Å². The summed E-state index contributed by atoms with van der Waals surface area (Å²) in [6, 6.07) is 0. The largest absolute Gasteiger partial charge is 0.0765 e. The fourth-order valence-corrected chi connectivity index (χ4v) is 1540. The minimum absolute atomic E-state index is 0.343. The summed E-state index contributed by atoms with van der Waals surface area (Å²) in [7, 11) is -4.62. The minimum Gasteiger partial charge on any atom is -0.0765 e. The minimum atomic E-state index is -1.02. The average Bonchev–Trinajstić information content (AvgIpc) is 3.15. The van der Waals surface area contributed by atoms with Crippen LogP contribution in [0.15, 0.2) is 0 Å². The standard InChI is InChI=1S/C21H72Si19/c1-21-22(2)24(4)33(13,23(21)3)37(17)30(10)29(9)36(16)31(11)38(18)34(14)25(5)27(7)35(15,28(8)26(34)6)39(38,19)32(12)40(36,37)20/h21-32H,1-20H3. The number of rotatable bonds is 1. The predicted octanol–water partition coefficient (Wildman–Crippen LogP) is 1.76. The van der Waals surface area contributed by atoms with Crippen molar-refractivity contribution in [3.63, 3.8) is 0 Å². The van der Waals surface area contributed by atoms with E-state index < -0.39 is 100 Å². The van der Waals surface area contributed by atoms with Gasteiger partial charge in [0.15, 0.2) is 0 Å². The first-order valence-electron chi connectivity index (χ1n) is 17.9. The molecule has 0 aliphatic carbocycles. The molecule has 232 valence electrons. The lowest BCUT2D eigenvalue weighted by Crippen LogP contribution is -3.18. The van der Waals surface area contributed by atoms with Gasteiger partial charge in [0.25, 0.3) is 0 Å². The molecule has 19 heteroatoms. The third-order valence-electron chi connectivity index (χ3n) is 22.3. The lowest BCUT2D eigenvalue weighted by molar-refractivity contribution is 1.30. The Morgan fingerprint density at radius 3 is 1.02 bits per heavy atom. The summed E-state index contributed by atoms with van der Waals surface area (Å²) in [5.41, 5.74) is 0. The van der Waals surface area contributed by atoms with Gasteiger partial charge in [-0.25, -0.2) is 0 Å². The molecule has 0 radical (unpaired) electrons. The summed E-state index contributed by atoms with van der Waals surface area (Å²) < 4.78 is 0. The van der Waals surface area contributed by atoms with Crippen LogP contribution in [0.5, 0.6) is 0 Å². The zero-order valence-corrected chi connectivity index (χ0v) is 51.6. The molecule has 6 aliphatic rings. The second-order valence-corrected chi connectivity index (χ2v) is 255. The first-order chi connectivity index (χ1) is 17.9. The fraction of sp³-hybridized carbons (Fsp3) is 1.00. The Balaban J connectivity index is 1.90. The average molecular weight is 858 g/mol. The second-order valence-electron chi connectivity index (χ2n) is 19.4. The van der Waals surface area contributed by atoms with Gasteiger partial charge in [-0.05, 0) is 0 Å². The maximum absolute atomic E-state index is 3.55. The molecule has 0 aromatic carbocycles.